The fourth-order valence-electron chi connectivity index (χ4n) is 1.06. The molecular weight excluding hydrogens is 275 g/mol. The summed E-state index contributed by atoms with van der Waals surface area (Å²) in [5.41, 5.74) is 0. The van der Waals surface area contributed by atoms with Gasteiger partial charge in [0.05, 0.1) is 25.8 Å². The number of hydrogen-bond acceptors (Lipinski definition) is 5. The van der Waals surface area contributed by atoms with Crippen LogP contribution in [0.5, 0.6) is 0 Å². The maximum atomic E-state index is 11.1. The Morgan fingerprint density at radius 2 is 1.74 bits per heavy atom. The Bertz CT molecular complexity index is 358. The van der Waals surface area contributed by atoms with Crippen molar-refractivity contribution in [1.29, 1.82) is 0 Å². The SMILES string of the molecule is CC=CC(=O)OCCCCOC(=O)CCP(=O)(O)O. The Morgan fingerprint density at radius 3 is 2.26 bits per heavy atom. The number of esters is 2. The van der Waals surface area contributed by atoms with Gasteiger partial charge in [-0.05, 0) is 19.8 Å². The quantitative estimate of drug-likeness (QED) is 0.282. The van der Waals surface area contributed by atoms with E-state index < -0.39 is 25.7 Å². The fraction of sp³-hybridized carbons (Fsp3) is 0.636. The molecule has 0 unspecified atom stereocenters. The highest BCUT2D eigenvalue weighted by molar-refractivity contribution is 7.51. The maximum absolute atomic E-state index is 11.1. The van der Waals surface area contributed by atoms with Gasteiger partial charge in [0.2, 0.25) is 0 Å². The van der Waals surface area contributed by atoms with Gasteiger partial charge in [0.1, 0.15) is 0 Å². The van der Waals surface area contributed by atoms with Crippen LogP contribution in [0.3, 0.4) is 0 Å². The molecule has 0 aromatic rings. The van der Waals surface area contributed by atoms with Crippen molar-refractivity contribution in [2.75, 3.05) is 19.4 Å². The topological polar surface area (TPSA) is 110 Å². The third-order valence-corrected chi connectivity index (χ3v) is 2.76. The van der Waals surface area contributed by atoms with E-state index in [1.54, 1.807) is 13.0 Å². The molecule has 0 fully saturated rings. The zero-order valence-electron chi connectivity index (χ0n) is 10.8. The Hall–Kier alpha value is -1.17. The summed E-state index contributed by atoms with van der Waals surface area (Å²) in [7, 11) is -4.15. The van der Waals surface area contributed by atoms with Gasteiger partial charge in [-0.25, -0.2) is 4.79 Å². The predicted octanol–water partition coefficient (Wildman–Crippen LogP) is 0.997. The van der Waals surface area contributed by atoms with Crippen LogP contribution in [0.2, 0.25) is 0 Å². The van der Waals surface area contributed by atoms with E-state index in [9.17, 15) is 14.2 Å². The summed E-state index contributed by atoms with van der Waals surface area (Å²) >= 11 is 0. The second-order valence-electron chi connectivity index (χ2n) is 3.73. The molecule has 0 saturated carbocycles. The first kappa shape index (κ1) is 17.8. The van der Waals surface area contributed by atoms with Crippen LogP contribution in [0.25, 0.3) is 0 Å². The number of hydrogen-bond donors (Lipinski definition) is 2. The van der Waals surface area contributed by atoms with Gasteiger partial charge in [-0.15, -0.1) is 0 Å². The highest BCUT2D eigenvalue weighted by Crippen LogP contribution is 2.34. The standard InChI is InChI=1S/C11H19O7P/c1-2-5-10(12)17-7-3-4-8-18-11(13)6-9-19(14,15)16/h2,5H,3-4,6-9H2,1H3,(H2,14,15,16). The molecule has 0 aliphatic heterocycles. The van der Waals surface area contributed by atoms with E-state index in [-0.39, 0.29) is 19.6 Å². The second-order valence-corrected chi connectivity index (χ2v) is 5.51. The summed E-state index contributed by atoms with van der Waals surface area (Å²) in [5.74, 6) is -1.06. The molecule has 8 heteroatoms. The average Bonchev–Trinajstić information content (AvgIpc) is 2.30. The highest BCUT2D eigenvalue weighted by atomic mass is 31.2. The number of unbranched alkanes of at least 4 members (excludes halogenated alkanes) is 1. The molecule has 0 aliphatic rings. The van der Waals surface area contributed by atoms with Gasteiger partial charge in [0.15, 0.2) is 0 Å². The molecule has 19 heavy (non-hydrogen) atoms. The monoisotopic (exact) mass is 294 g/mol. The van der Waals surface area contributed by atoms with Crippen molar-refractivity contribution < 1.29 is 33.4 Å². The third-order valence-electron chi connectivity index (χ3n) is 1.96. The molecular formula is C11H19O7P. The van der Waals surface area contributed by atoms with Gasteiger partial charge in [-0.2, -0.15) is 0 Å². The van der Waals surface area contributed by atoms with E-state index in [0.29, 0.717) is 12.8 Å². The number of allylic oxidation sites excluding steroid dienone is 1. The molecule has 0 radical (unpaired) electrons. The highest BCUT2D eigenvalue weighted by Gasteiger charge is 2.15. The average molecular weight is 294 g/mol. The molecule has 0 saturated heterocycles. The third kappa shape index (κ3) is 13.1. The minimum atomic E-state index is -4.15. The van der Waals surface area contributed by atoms with Crippen LogP contribution in [-0.4, -0.2) is 41.1 Å². The van der Waals surface area contributed by atoms with Gasteiger partial charge in [-0.3, -0.25) is 9.36 Å². The van der Waals surface area contributed by atoms with Gasteiger partial charge >= 0.3 is 19.5 Å². The van der Waals surface area contributed by atoms with Crippen LogP contribution in [0.4, 0.5) is 0 Å². The minimum Gasteiger partial charge on any atom is -0.466 e. The maximum Gasteiger partial charge on any atom is 0.330 e. The van der Waals surface area contributed by atoms with Crippen molar-refractivity contribution in [2.24, 2.45) is 0 Å². The first-order valence-corrected chi connectivity index (χ1v) is 7.64. The van der Waals surface area contributed by atoms with Gasteiger partial charge < -0.3 is 19.3 Å². The normalized spacial score (nSPS) is 11.5. The van der Waals surface area contributed by atoms with E-state index in [2.05, 4.69) is 0 Å². The van der Waals surface area contributed by atoms with Crippen molar-refractivity contribution in [1.82, 2.24) is 0 Å². The van der Waals surface area contributed by atoms with Gasteiger partial charge in [-0.1, -0.05) is 6.08 Å². The Balaban J connectivity index is 3.47. The molecule has 0 amide bonds. The van der Waals surface area contributed by atoms with Crippen molar-refractivity contribution >= 4 is 19.5 Å². The Labute approximate surface area is 111 Å². The smallest absolute Gasteiger partial charge is 0.330 e. The zero-order chi connectivity index (χ0) is 14.7. The lowest BCUT2D eigenvalue weighted by molar-refractivity contribution is -0.144. The van der Waals surface area contributed by atoms with E-state index in [4.69, 9.17) is 19.3 Å². The summed E-state index contributed by atoms with van der Waals surface area (Å²) < 4.78 is 20.1. The van der Waals surface area contributed by atoms with Crippen molar-refractivity contribution in [3.8, 4) is 0 Å². The molecule has 0 spiro atoms. The molecule has 0 heterocycles. The van der Waals surface area contributed by atoms with Crippen LogP contribution in [0, 0.1) is 0 Å². The van der Waals surface area contributed by atoms with Crippen LogP contribution in [0.15, 0.2) is 12.2 Å². The molecule has 0 bridgehead atoms. The van der Waals surface area contributed by atoms with Gasteiger partial charge in [0.25, 0.3) is 0 Å². The van der Waals surface area contributed by atoms with Crippen LogP contribution in [-0.2, 0) is 23.6 Å². The summed E-state index contributed by atoms with van der Waals surface area (Å²) in [6, 6.07) is 0. The minimum absolute atomic E-state index is 0.140. The summed E-state index contributed by atoms with van der Waals surface area (Å²) in [5, 5.41) is 0. The largest absolute Gasteiger partial charge is 0.466 e. The van der Waals surface area contributed by atoms with Crippen molar-refractivity contribution in [3.63, 3.8) is 0 Å². The molecule has 0 aromatic heterocycles. The number of ether oxygens (including phenoxy) is 2. The summed E-state index contributed by atoms with van der Waals surface area (Å²) in [6.07, 6.45) is 3.14. The molecule has 110 valence electrons. The lowest BCUT2D eigenvalue weighted by Gasteiger charge is -2.06. The molecule has 2 N–H and O–H groups in total. The van der Waals surface area contributed by atoms with E-state index in [1.165, 1.54) is 6.08 Å². The molecule has 0 aliphatic carbocycles. The predicted molar refractivity (Wildman–Crippen MR) is 67.5 cm³/mol. The first-order chi connectivity index (χ1) is 8.85. The number of carbonyl (C=O) groups excluding carboxylic acids is 2. The van der Waals surface area contributed by atoms with Gasteiger partial charge in [0, 0.05) is 6.08 Å². The molecule has 0 aromatic carbocycles. The lowest BCUT2D eigenvalue weighted by atomic mass is 10.3. The van der Waals surface area contributed by atoms with Crippen molar-refractivity contribution in [3.05, 3.63) is 12.2 Å². The summed E-state index contributed by atoms with van der Waals surface area (Å²) in [6.45, 7) is 2.09. The van der Waals surface area contributed by atoms with E-state index >= 15 is 0 Å². The Kier molecular flexibility index (Phi) is 9.12. The van der Waals surface area contributed by atoms with Crippen LogP contribution >= 0.6 is 7.60 Å². The first-order valence-electron chi connectivity index (χ1n) is 5.85. The summed E-state index contributed by atoms with van der Waals surface area (Å²) in [4.78, 5) is 39.1. The van der Waals surface area contributed by atoms with Crippen LogP contribution < -0.4 is 0 Å². The second kappa shape index (κ2) is 9.72. The van der Waals surface area contributed by atoms with Crippen LogP contribution in [0.1, 0.15) is 26.2 Å². The molecule has 7 nitrogen and oxygen atoms in total. The zero-order valence-corrected chi connectivity index (χ0v) is 11.7. The number of carbonyl (C=O) groups is 2. The fourth-order valence-corrected chi connectivity index (χ4v) is 1.53. The lowest BCUT2D eigenvalue weighted by Crippen LogP contribution is -2.09. The number of rotatable bonds is 9. The van der Waals surface area contributed by atoms with E-state index in [0.717, 1.165) is 0 Å². The van der Waals surface area contributed by atoms with E-state index in [1.807, 2.05) is 0 Å². The Morgan fingerprint density at radius 1 is 1.16 bits per heavy atom. The molecule has 0 rings (SSSR count). The van der Waals surface area contributed by atoms with Crippen molar-refractivity contribution in [2.45, 2.75) is 26.2 Å². The molecule has 0 atom stereocenters.